The van der Waals surface area contributed by atoms with Gasteiger partial charge >= 0.3 is 6.03 Å². The molecule has 1 aliphatic rings. The minimum Gasteiger partial charge on any atom is -0.383 e. The van der Waals surface area contributed by atoms with Gasteiger partial charge in [-0.05, 0) is 56.3 Å². The quantitative estimate of drug-likeness (QED) is 0.832. The van der Waals surface area contributed by atoms with E-state index in [0.717, 1.165) is 50.3 Å². The molecular formula is C19H30ClN3O2. The van der Waals surface area contributed by atoms with Crippen molar-refractivity contribution in [2.75, 3.05) is 52.3 Å². The van der Waals surface area contributed by atoms with Gasteiger partial charge in [0.15, 0.2) is 0 Å². The first-order chi connectivity index (χ1) is 11.9. The zero-order chi connectivity index (χ0) is 18.4. The smallest absolute Gasteiger partial charge is 0.321 e. The second-order valence-corrected chi connectivity index (χ2v) is 7.46. The second kappa shape index (κ2) is 9.41. The number of nitrogens with one attached hydrogen (secondary N) is 1. The molecule has 140 valence electrons. The number of ether oxygens (including phenoxy) is 1. The van der Waals surface area contributed by atoms with Crippen LogP contribution < -0.4 is 5.32 Å². The number of methoxy groups -OCH3 is 1. The molecule has 2 rings (SSSR count). The fourth-order valence-electron chi connectivity index (χ4n) is 3.47. The van der Waals surface area contributed by atoms with Crippen LogP contribution in [-0.4, -0.2) is 62.8 Å². The third-order valence-corrected chi connectivity index (χ3v) is 5.06. The van der Waals surface area contributed by atoms with E-state index < -0.39 is 0 Å². The van der Waals surface area contributed by atoms with E-state index in [9.17, 15) is 4.79 Å². The summed E-state index contributed by atoms with van der Waals surface area (Å²) in [5, 5.41) is 3.55. The van der Waals surface area contributed by atoms with Crippen molar-refractivity contribution in [3.8, 4) is 0 Å². The summed E-state index contributed by atoms with van der Waals surface area (Å²) in [4.78, 5) is 16.7. The van der Waals surface area contributed by atoms with Gasteiger partial charge in [-0.2, -0.15) is 0 Å². The lowest BCUT2D eigenvalue weighted by Gasteiger charge is -2.34. The lowest BCUT2D eigenvalue weighted by molar-refractivity contribution is 0.106. The Labute approximate surface area is 156 Å². The molecule has 1 atom stereocenters. The first-order valence-electron chi connectivity index (χ1n) is 8.91. The van der Waals surface area contributed by atoms with Crippen molar-refractivity contribution in [1.29, 1.82) is 0 Å². The maximum Gasteiger partial charge on any atom is 0.321 e. The summed E-state index contributed by atoms with van der Waals surface area (Å²) < 4.78 is 5.17. The summed E-state index contributed by atoms with van der Waals surface area (Å²) in [6.07, 6.45) is 2.33. The zero-order valence-electron chi connectivity index (χ0n) is 15.8. The molecule has 0 aliphatic carbocycles. The summed E-state index contributed by atoms with van der Waals surface area (Å²) in [5.41, 5.74) is 2.77. The van der Waals surface area contributed by atoms with E-state index >= 15 is 0 Å². The largest absolute Gasteiger partial charge is 0.383 e. The van der Waals surface area contributed by atoms with E-state index in [2.05, 4.69) is 10.2 Å². The van der Waals surface area contributed by atoms with Gasteiger partial charge in [0.25, 0.3) is 0 Å². The molecule has 5 nitrogen and oxygen atoms in total. The number of urea groups is 1. The number of rotatable bonds is 6. The van der Waals surface area contributed by atoms with Gasteiger partial charge in [0.05, 0.1) is 17.3 Å². The fraction of sp³-hybridized carbons (Fsp3) is 0.632. The number of hydrogen-bond acceptors (Lipinski definition) is 3. The van der Waals surface area contributed by atoms with Crippen LogP contribution in [0.15, 0.2) is 12.1 Å². The molecule has 1 aromatic rings. The maximum atomic E-state index is 12.6. The van der Waals surface area contributed by atoms with Crippen LogP contribution >= 0.6 is 11.6 Å². The molecule has 0 saturated carbocycles. The van der Waals surface area contributed by atoms with Gasteiger partial charge in [0.1, 0.15) is 0 Å². The van der Waals surface area contributed by atoms with Gasteiger partial charge < -0.3 is 19.9 Å². The van der Waals surface area contributed by atoms with Crippen molar-refractivity contribution in [2.45, 2.75) is 26.7 Å². The highest BCUT2D eigenvalue weighted by molar-refractivity contribution is 6.34. The van der Waals surface area contributed by atoms with Gasteiger partial charge in [-0.3, -0.25) is 0 Å². The van der Waals surface area contributed by atoms with Crippen molar-refractivity contribution in [3.63, 3.8) is 0 Å². The highest BCUT2D eigenvalue weighted by atomic mass is 35.5. The standard InChI is InChI=1S/C19H30ClN3O2/c1-14-10-15(2)18(17(20)11-14)21-19(24)22(3)12-16-6-5-7-23(13-16)8-9-25-4/h10-11,16H,5-9,12-13H2,1-4H3,(H,21,24)/t16-/m1/s1. The Balaban J connectivity index is 1.90. The lowest BCUT2D eigenvalue weighted by atomic mass is 9.97. The third-order valence-electron chi connectivity index (χ3n) is 4.76. The van der Waals surface area contributed by atoms with E-state index in [-0.39, 0.29) is 6.03 Å². The molecule has 0 radical (unpaired) electrons. The molecule has 1 aromatic carbocycles. The van der Waals surface area contributed by atoms with Crippen LogP contribution in [0, 0.1) is 19.8 Å². The van der Waals surface area contributed by atoms with E-state index in [1.165, 1.54) is 6.42 Å². The van der Waals surface area contributed by atoms with Crippen LogP contribution in [0.2, 0.25) is 5.02 Å². The number of piperidine rings is 1. The Bertz CT molecular complexity index is 571. The lowest BCUT2D eigenvalue weighted by Crippen LogP contribution is -2.43. The Morgan fingerprint density at radius 2 is 2.20 bits per heavy atom. The summed E-state index contributed by atoms with van der Waals surface area (Å²) in [6, 6.07) is 3.79. The number of hydrogen-bond donors (Lipinski definition) is 1. The molecular weight excluding hydrogens is 338 g/mol. The van der Waals surface area contributed by atoms with E-state index in [1.807, 2.05) is 33.0 Å². The topological polar surface area (TPSA) is 44.8 Å². The molecule has 1 saturated heterocycles. The van der Waals surface area contributed by atoms with Crippen LogP contribution in [0.5, 0.6) is 0 Å². The van der Waals surface area contributed by atoms with Crippen LogP contribution in [0.25, 0.3) is 0 Å². The maximum absolute atomic E-state index is 12.6. The average molecular weight is 368 g/mol. The van der Waals surface area contributed by atoms with Crippen molar-refractivity contribution in [2.24, 2.45) is 5.92 Å². The molecule has 2 amide bonds. The summed E-state index contributed by atoms with van der Waals surface area (Å²) in [5.74, 6) is 0.496. The minimum absolute atomic E-state index is 0.108. The highest BCUT2D eigenvalue weighted by Crippen LogP contribution is 2.27. The van der Waals surface area contributed by atoms with E-state index in [0.29, 0.717) is 16.6 Å². The number of amides is 2. The van der Waals surface area contributed by atoms with Crippen LogP contribution in [0.3, 0.4) is 0 Å². The van der Waals surface area contributed by atoms with Crippen LogP contribution in [-0.2, 0) is 4.74 Å². The van der Waals surface area contributed by atoms with Gasteiger partial charge in [-0.25, -0.2) is 4.79 Å². The monoisotopic (exact) mass is 367 g/mol. The molecule has 0 bridgehead atoms. The molecule has 0 spiro atoms. The summed E-state index contributed by atoms with van der Waals surface area (Å²) in [6.45, 7) is 8.56. The molecule has 1 aliphatic heterocycles. The Hall–Kier alpha value is -1.30. The third kappa shape index (κ3) is 5.87. The minimum atomic E-state index is -0.108. The molecule has 6 heteroatoms. The van der Waals surface area contributed by atoms with Gasteiger partial charge in [-0.1, -0.05) is 17.7 Å². The molecule has 1 fully saturated rings. The highest BCUT2D eigenvalue weighted by Gasteiger charge is 2.23. The Morgan fingerprint density at radius 3 is 2.88 bits per heavy atom. The van der Waals surface area contributed by atoms with Crippen molar-refractivity contribution in [3.05, 3.63) is 28.3 Å². The fourth-order valence-corrected chi connectivity index (χ4v) is 3.84. The van der Waals surface area contributed by atoms with Gasteiger partial charge in [-0.15, -0.1) is 0 Å². The molecule has 25 heavy (non-hydrogen) atoms. The van der Waals surface area contributed by atoms with Crippen molar-refractivity contribution < 1.29 is 9.53 Å². The van der Waals surface area contributed by atoms with E-state index in [4.69, 9.17) is 16.3 Å². The second-order valence-electron chi connectivity index (χ2n) is 7.05. The van der Waals surface area contributed by atoms with Crippen molar-refractivity contribution in [1.82, 2.24) is 9.80 Å². The first kappa shape index (κ1) is 20.0. The Kier molecular flexibility index (Phi) is 7.54. The first-order valence-corrected chi connectivity index (χ1v) is 9.28. The normalized spacial score (nSPS) is 18.2. The summed E-state index contributed by atoms with van der Waals surface area (Å²) >= 11 is 6.29. The Morgan fingerprint density at radius 1 is 1.44 bits per heavy atom. The number of aryl methyl sites for hydroxylation is 2. The SMILES string of the molecule is COCCN1CCC[C@H](CN(C)C(=O)Nc2c(C)cc(C)cc2Cl)C1. The predicted molar refractivity (Wildman–Crippen MR) is 104 cm³/mol. The molecule has 1 heterocycles. The number of benzene rings is 1. The number of carbonyl (C=O) groups excluding carboxylic acids is 1. The average Bonchev–Trinajstić information content (AvgIpc) is 2.56. The predicted octanol–water partition coefficient (Wildman–Crippen LogP) is 3.78. The molecule has 1 N–H and O–H groups in total. The van der Waals surface area contributed by atoms with E-state index in [1.54, 1.807) is 12.0 Å². The zero-order valence-corrected chi connectivity index (χ0v) is 16.5. The number of carbonyl (C=O) groups is 1. The van der Waals surface area contributed by atoms with Crippen LogP contribution in [0.1, 0.15) is 24.0 Å². The van der Waals surface area contributed by atoms with Crippen LogP contribution in [0.4, 0.5) is 10.5 Å². The van der Waals surface area contributed by atoms with Crippen molar-refractivity contribution >= 4 is 23.3 Å². The van der Waals surface area contributed by atoms with Gasteiger partial charge in [0.2, 0.25) is 0 Å². The number of nitrogens with zero attached hydrogens (tertiary/aromatic N) is 2. The number of anilines is 1. The number of halogens is 1. The molecule has 0 unspecified atom stereocenters. The number of likely N-dealkylation sites (tertiary alicyclic amines) is 1. The summed E-state index contributed by atoms with van der Waals surface area (Å²) in [7, 11) is 3.58. The molecule has 0 aromatic heterocycles. The van der Waals surface area contributed by atoms with Gasteiger partial charge in [0, 0.05) is 33.8 Å².